The molecule has 4 aliphatic carbocycles. The maximum absolute atomic E-state index is 2.62. The highest BCUT2D eigenvalue weighted by Gasteiger charge is 2.56. The zero-order valence-electron chi connectivity index (χ0n) is 16.2. The molecule has 0 N–H and O–H groups in total. The smallest absolute Gasteiger partial charge is 0.00853 e. The van der Waals surface area contributed by atoms with Gasteiger partial charge in [0, 0.05) is 0 Å². The lowest BCUT2D eigenvalue weighted by molar-refractivity contribution is -0.0752. The molecule has 0 bridgehead atoms. The molecule has 0 amide bonds. The van der Waals surface area contributed by atoms with Crippen LogP contribution in [0.5, 0.6) is 0 Å². The van der Waals surface area contributed by atoms with E-state index in [9.17, 15) is 0 Å². The lowest BCUT2D eigenvalue weighted by Gasteiger charge is -2.58. The summed E-state index contributed by atoms with van der Waals surface area (Å²) < 4.78 is 0. The molecule has 4 fully saturated rings. The predicted octanol–water partition coefficient (Wildman–Crippen LogP) is 6.86. The Kier molecular flexibility index (Phi) is 3.79. The highest BCUT2D eigenvalue weighted by atomic mass is 14.6. The van der Waals surface area contributed by atoms with Crippen molar-refractivity contribution in [3.8, 4) is 0 Å². The van der Waals surface area contributed by atoms with E-state index >= 15 is 0 Å². The van der Waals surface area contributed by atoms with E-state index in [-0.39, 0.29) is 0 Å². The molecule has 0 heteroatoms. The molecule has 0 aliphatic heterocycles. The summed E-state index contributed by atoms with van der Waals surface area (Å²) in [4.78, 5) is 0. The van der Waals surface area contributed by atoms with Crippen molar-refractivity contribution in [3.63, 3.8) is 0 Å². The lowest BCUT2D eigenvalue weighted by Crippen LogP contribution is -2.49. The van der Waals surface area contributed by atoms with Crippen LogP contribution >= 0.6 is 0 Å². The summed E-state index contributed by atoms with van der Waals surface area (Å²) >= 11 is 0. The first-order chi connectivity index (χ1) is 10.9. The first-order valence-electron chi connectivity index (χ1n) is 10.5. The molecule has 0 aromatic heterocycles. The summed E-state index contributed by atoms with van der Waals surface area (Å²) in [6, 6.07) is 0. The quantitative estimate of drug-likeness (QED) is 0.428. The lowest BCUT2D eigenvalue weighted by atomic mass is 9.47. The van der Waals surface area contributed by atoms with Crippen molar-refractivity contribution >= 4 is 0 Å². The van der Waals surface area contributed by atoms with Crippen molar-refractivity contribution in [1.29, 1.82) is 0 Å². The van der Waals surface area contributed by atoms with Crippen LogP contribution < -0.4 is 0 Å². The predicted molar refractivity (Wildman–Crippen MR) is 99.2 cm³/mol. The first kappa shape index (κ1) is 16.2. The molecule has 0 aromatic rings. The van der Waals surface area contributed by atoms with Crippen LogP contribution in [0, 0.1) is 46.3 Å². The highest BCUT2D eigenvalue weighted by molar-refractivity contribution is 5.23. The second-order valence-electron chi connectivity index (χ2n) is 10.6. The van der Waals surface area contributed by atoms with E-state index < -0.39 is 0 Å². The molecular formula is C23H38. The van der Waals surface area contributed by atoms with Crippen LogP contribution in [-0.2, 0) is 0 Å². The van der Waals surface area contributed by atoms with Crippen LogP contribution in [0.1, 0.15) is 86.0 Å². The van der Waals surface area contributed by atoms with Gasteiger partial charge < -0.3 is 0 Å². The standard InChI is InChI=1S/C23H38/c1-6-17-8-10-21-19-9-7-16-14-22(3,4)15(2)13-20(16)18(19)11-12-23(17,21)5/h6,15-16,18-21H,7-14H2,1-5H3/t15-,16+,18+,19-,20+,21+,23-/m1/s1. The van der Waals surface area contributed by atoms with E-state index in [1.165, 1.54) is 38.5 Å². The Morgan fingerprint density at radius 2 is 1.74 bits per heavy atom. The summed E-state index contributed by atoms with van der Waals surface area (Å²) in [6.07, 6.45) is 14.5. The van der Waals surface area contributed by atoms with Crippen LogP contribution in [0.25, 0.3) is 0 Å². The van der Waals surface area contributed by atoms with Gasteiger partial charge in [-0.05, 0) is 105 Å². The van der Waals surface area contributed by atoms with E-state index in [1.807, 2.05) is 0 Å². The van der Waals surface area contributed by atoms with E-state index in [1.54, 1.807) is 18.4 Å². The van der Waals surface area contributed by atoms with Crippen LogP contribution in [0.4, 0.5) is 0 Å². The Balaban J connectivity index is 1.58. The molecule has 4 saturated carbocycles. The third-order valence-electron chi connectivity index (χ3n) is 9.46. The minimum Gasteiger partial charge on any atom is -0.0879 e. The number of hydrogen-bond donors (Lipinski definition) is 0. The fraction of sp³-hybridized carbons (Fsp3) is 0.913. The average Bonchev–Trinajstić information content (AvgIpc) is 2.84. The zero-order valence-corrected chi connectivity index (χ0v) is 16.2. The summed E-state index contributed by atoms with van der Waals surface area (Å²) in [7, 11) is 0. The van der Waals surface area contributed by atoms with Gasteiger partial charge in [-0.2, -0.15) is 0 Å². The minimum atomic E-state index is 0.572. The molecule has 0 saturated heterocycles. The minimum absolute atomic E-state index is 0.572. The number of hydrogen-bond acceptors (Lipinski definition) is 0. The fourth-order valence-electron chi connectivity index (χ4n) is 7.78. The second-order valence-corrected chi connectivity index (χ2v) is 10.6. The van der Waals surface area contributed by atoms with Crippen molar-refractivity contribution in [3.05, 3.63) is 11.6 Å². The molecule has 0 heterocycles. The number of rotatable bonds is 0. The molecule has 23 heavy (non-hydrogen) atoms. The monoisotopic (exact) mass is 314 g/mol. The molecule has 7 atom stereocenters. The Hall–Kier alpha value is -0.260. The van der Waals surface area contributed by atoms with Crippen molar-refractivity contribution in [2.24, 2.45) is 46.3 Å². The van der Waals surface area contributed by atoms with E-state index in [0.29, 0.717) is 10.8 Å². The van der Waals surface area contributed by atoms with Gasteiger partial charge in [0.05, 0.1) is 0 Å². The van der Waals surface area contributed by atoms with Gasteiger partial charge in [0.1, 0.15) is 0 Å². The van der Waals surface area contributed by atoms with Crippen molar-refractivity contribution in [2.75, 3.05) is 0 Å². The molecule has 0 aromatic carbocycles. The molecule has 4 aliphatic rings. The SMILES string of the molecule is CC=C1CC[C@H]2[C@@H]3CC[C@H]4CC(C)(C)[C@H](C)C[C@@H]4[C@H]3CC[C@]12C. The summed E-state index contributed by atoms with van der Waals surface area (Å²) in [5.41, 5.74) is 2.96. The maximum atomic E-state index is 2.62. The van der Waals surface area contributed by atoms with Gasteiger partial charge >= 0.3 is 0 Å². The summed E-state index contributed by atoms with van der Waals surface area (Å²) in [6.45, 7) is 12.5. The second kappa shape index (κ2) is 5.37. The van der Waals surface area contributed by atoms with Crippen molar-refractivity contribution in [2.45, 2.75) is 86.0 Å². The third kappa shape index (κ3) is 2.30. The largest absolute Gasteiger partial charge is 0.0879 e. The van der Waals surface area contributed by atoms with E-state index in [4.69, 9.17) is 0 Å². The Bertz CT molecular complexity index is 498. The average molecular weight is 315 g/mol. The molecule has 4 rings (SSSR count). The van der Waals surface area contributed by atoms with Gasteiger partial charge in [-0.3, -0.25) is 0 Å². The van der Waals surface area contributed by atoms with Crippen LogP contribution in [0.2, 0.25) is 0 Å². The number of fused-ring (bicyclic) bond motifs is 5. The van der Waals surface area contributed by atoms with E-state index in [0.717, 1.165) is 35.5 Å². The Morgan fingerprint density at radius 3 is 2.48 bits per heavy atom. The van der Waals surface area contributed by atoms with Gasteiger partial charge in [-0.1, -0.05) is 39.3 Å². The Morgan fingerprint density at radius 1 is 0.957 bits per heavy atom. The van der Waals surface area contributed by atoms with Gasteiger partial charge in [-0.25, -0.2) is 0 Å². The van der Waals surface area contributed by atoms with Crippen LogP contribution in [-0.4, -0.2) is 0 Å². The molecule has 0 radical (unpaired) electrons. The molecular weight excluding hydrogens is 276 g/mol. The normalized spacial score (nSPS) is 53.5. The van der Waals surface area contributed by atoms with Crippen LogP contribution in [0.15, 0.2) is 11.6 Å². The van der Waals surface area contributed by atoms with Gasteiger partial charge in [0.2, 0.25) is 0 Å². The zero-order chi connectivity index (χ0) is 16.4. The number of allylic oxidation sites excluding steroid dienone is 2. The van der Waals surface area contributed by atoms with Crippen LogP contribution in [0.3, 0.4) is 0 Å². The summed E-state index contributed by atoms with van der Waals surface area (Å²) in [5.74, 6) is 6.18. The molecule has 0 unspecified atom stereocenters. The molecule has 130 valence electrons. The summed E-state index contributed by atoms with van der Waals surface area (Å²) in [5, 5.41) is 0. The van der Waals surface area contributed by atoms with Crippen molar-refractivity contribution in [1.82, 2.24) is 0 Å². The fourth-order valence-corrected chi connectivity index (χ4v) is 7.78. The van der Waals surface area contributed by atoms with E-state index in [2.05, 4.69) is 40.7 Å². The maximum Gasteiger partial charge on any atom is -0.00853 e. The first-order valence-corrected chi connectivity index (χ1v) is 10.5. The molecule has 0 spiro atoms. The third-order valence-corrected chi connectivity index (χ3v) is 9.46. The Labute approximate surface area is 144 Å². The van der Waals surface area contributed by atoms with Gasteiger partial charge in [0.25, 0.3) is 0 Å². The van der Waals surface area contributed by atoms with Gasteiger partial charge in [-0.15, -0.1) is 0 Å². The molecule has 0 nitrogen and oxygen atoms in total. The van der Waals surface area contributed by atoms with Gasteiger partial charge in [0.15, 0.2) is 0 Å². The topological polar surface area (TPSA) is 0 Å². The highest BCUT2D eigenvalue weighted by Crippen LogP contribution is 2.65. The van der Waals surface area contributed by atoms with Crippen molar-refractivity contribution < 1.29 is 0 Å².